The van der Waals surface area contributed by atoms with Crippen LogP contribution in [0.3, 0.4) is 0 Å². The number of amides is 1. The number of piperidine rings is 2. The van der Waals surface area contributed by atoms with Crippen LogP contribution < -0.4 is 0 Å². The number of thiazole rings is 1. The Kier molecular flexibility index (Phi) is 4.03. The van der Waals surface area contributed by atoms with E-state index in [-0.39, 0.29) is 17.4 Å². The number of aliphatic hydroxyl groups excluding tert-OH is 1. The van der Waals surface area contributed by atoms with Crippen molar-refractivity contribution in [1.82, 2.24) is 14.8 Å². The topological polar surface area (TPSA) is 56.7 Å². The molecule has 5 nitrogen and oxygen atoms in total. The molecule has 1 amide bonds. The third-order valence-electron chi connectivity index (χ3n) is 4.78. The van der Waals surface area contributed by atoms with Crippen molar-refractivity contribution in [3.8, 4) is 0 Å². The van der Waals surface area contributed by atoms with Gasteiger partial charge in [0.15, 0.2) is 0 Å². The molecule has 1 unspecified atom stereocenters. The molecule has 116 valence electrons. The van der Waals surface area contributed by atoms with E-state index in [1.54, 1.807) is 23.3 Å². The Labute approximate surface area is 129 Å². The van der Waals surface area contributed by atoms with Crippen molar-refractivity contribution in [1.29, 1.82) is 0 Å². The van der Waals surface area contributed by atoms with Gasteiger partial charge < -0.3 is 10.0 Å². The largest absolute Gasteiger partial charge is 0.391 e. The molecule has 0 bridgehead atoms. The van der Waals surface area contributed by atoms with Crippen LogP contribution in [0, 0.1) is 12.3 Å². The lowest BCUT2D eigenvalue weighted by Gasteiger charge is -2.46. The van der Waals surface area contributed by atoms with Crippen LogP contribution in [0.25, 0.3) is 0 Å². The molecule has 3 rings (SSSR count). The van der Waals surface area contributed by atoms with Crippen LogP contribution in [0.5, 0.6) is 0 Å². The van der Waals surface area contributed by atoms with Gasteiger partial charge in [0.1, 0.15) is 0 Å². The highest BCUT2D eigenvalue weighted by molar-refractivity contribution is 7.09. The first-order chi connectivity index (χ1) is 9.98. The second-order valence-electron chi connectivity index (χ2n) is 6.46. The summed E-state index contributed by atoms with van der Waals surface area (Å²) in [6.07, 6.45) is 1.94. The van der Waals surface area contributed by atoms with E-state index in [4.69, 9.17) is 0 Å². The van der Waals surface area contributed by atoms with Crippen molar-refractivity contribution >= 4 is 17.2 Å². The molecule has 21 heavy (non-hydrogen) atoms. The Morgan fingerprint density at radius 1 is 1.48 bits per heavy atom. The summed E-state index contributed by atoms with van der Waals surface area (Å²) in [6.45, 7) is 5.18. The summed E-state index contributed by atoms with van der Waals surface area (Å²) in [5.41, 5.74) is 0.793. The van der Waals surface area contributed by atoms with Crippen LogP contribution in [-0.2, 0) is 11.3 Å². The number of aryl methyl sites for hydroxylation is 1. The summed E-state index contributed by atoms with van der Waals surface area (Å²) in [4.78, 5) is 21.1. The van der Waals surface area contributed by atoms with Gasteiger partial charge in [0.2, 0.25) is 5.91 Å². The smallest absolute Gasteiger partial charge is 0.228 e. The predicted molar refractivity (Wildman–Crippen MR) is 82.1 cm³/mol. The van der Waals surface area contributed by atoms with Gasteiger partial charge in [-0.25, -0.2) is 4.98 Å². The van der Waals surface area contributed by atoms with Gasteiger partial charge in [-0.15, -0.1) is 11.3 Å². The molecule has 1 aromatic heterocycles. The quantitative estimate of drug-likeness (QED) is 0.893. The fourth-order valence-corrected chi connectivity index (χ4v) is 4.28. The number of carbonyl (C=O) groups excluding carboxylic acids is 1. The summed E-state index contributed by atoms with van der Waals surface area (Å²) in [7, 11) is 1.80. The van der Waals surface area contributed by atoms with E-state index in [0.29, 0.717) is 13.0 Å². The first-order valence-electron chi connectivity index (χ1n) is 7.55. The van der Waals surface area contributed by atoms with E-state index in [9.17, 15) is 9.90 Å². The van der Waals surface area contributed by atoms with Crippen LogP contribution >= 0.6 is 11.3 Å². The van der Waals surface area contributed by atoms with E-state index >= 15 is 0 Å². The molecule has 0 saturated carbocycles. The molecule has 1 atom stereocenters. The lowest BCUT2D eigenvalue weighted by molar-refractivity contribution is -0.154. The summed E-state index contributed by atoms with van der Waals surface area (Å²) in [5, 5.41) is 13.2. The molecule has 1 aromatic rings. The number of aliphatic hydroxyl groups is 1. The molecule has 2 aliphatic heterocycles. The molecule has 0 aliphatic carbocycles. The number of hydrogen-bond donors (Lipinski definition) is 1. The number of carbonyl (C=O) groups is 1. The number of rotatable bonds is 2. The molecule has 1 N–H and O–H groups in total. The normalized spacial score (nSPS) is 26.5. The third kappa shape index (κ3) is 2.98. The van der Waals surface area contributed by atoms with E-state index < -0.39 is 0 Å². The van der Waals surface area contributed by atoms with Gasteiger partial charge in [-0.3, -0.25) is 9.69 Å². The van der Waals surface area contributed by atoms with Crippen LogP contribution in [0.2, 0.25) is 0 Å². The van der Waals surface area contributed by atoms with Gasteiger partial charge in [0.25, 0.3) is 0 Å². The van der Waals surface area contributed by atoms with E-state index in [2.05, 4.69) is 15.3 Å². The van der Waals surface area contributed by atoms with Crippen molar-refractivity contribution < 1.29 is 9.90 Å². The zero-order valence-electron chi connectivity index (χ0n) is 12.7. The SMILES string of the molecule is Cc1nc(CN2CCC3(CC2)CC(O)CN(C)C3=O)cs1. The molecule has 6 heteroatoms. The Morgan fingerprint density at radius 3 is 2.81 bits per heavy atom. The van der Waals surface area contributed by atoms with Crippen LogP contribution in [0.15, 0.2) is 5.38 Å². The third-order valence-corrected chi connectivity index (χ3v) is 5.60. The van der Waals surface area contributed by atoms with Gasteiger partial charge in [0, 0.05) is 25.5 Å². The minimum atomic E-state index is -0.375. The lowest BCUT2D eigenvalue weighted by atomic mass is 9.71. The van der Waals surface area contributed by atoms with E-state index in [0.717, 1.165) is 43.2 Å². The van der Waals surface area contributed by atoms with E-state index in [1.807, 2.05) is 6.92 Å². The maximum Gasteiger partial charge on any atom is 0.228 e. The number of aromatic nitrogens is 1. The van der Waals surface area contributed by atoms with Gasteiger partial charge in [-0.1, -0.05) is 0 Å². The van der Waals surface area contributed by atoms with Crippen molar-refractivity contribution in [3.63, 3.8) is 0 Å². The number of likely N-dealkylation sites (tertiary alicyclic amines) is 2. The molecule has 0 aromatic carbocycles. The fraction of sp³-hybridized carbons (Fsp3) is 0.733. The van der Waals surface area contributed by atoms with Gasteiger partial charge in [0.05, 0.1) is 22.2 Å². The molecule has 3 heterocycles. The van der Waals surface area contributed by atoms with Gasteiger partial charge in [-0.05, 0) is 39.3 Å². The zero-order valence-corrected chi connectivity index (χ0v) is 13.5. The lowest BCUT2D eigenvalue weighted by Crippen LogP contribution is -2.56. The van der Waals surface area contributed by atoms with Crippen LogP contribution in [0.4, 0.5) is 0 Å². The van der Waals surface area contributed by atoms with Gasteiger partial charge in [-0.2, -0.15) is 0 Å². The highest BCUT2D eigenvalue weighted by atomic mass is 32.1. The monoisotopic (exact) mass is 309 g/mol. The van der Waals surface area contributed by atoms with Crippen molar-refractivity contribution in [2.45, 2.75) is 38.8 Å². The van der Waals surface area contributed by atoms with Gasteiger partial charge >= 0.3 is 0 Å². The molecule has 0 radical (unpaired) electrons. The minimum absolute atomic E-state index is 0.219. The number of nitrogens with zero attached hydrogens (tertiary/aromatic N) is 3. The fourth-order valence-electron chi connectivity index (χ4n) is 3.67. The number of β-amino-alcohol motifs (C(OH)–C–C–N with tert-alkyl or cyclic N) is 1. The first-order valence-corrected chi connectivity index (χ1v) is 8.43. The average molecular weight is 309 g/mol. The standard InChI is InChI=1S/C15H23N3O2S/c1-11-16-12(10-21-11)8-18-5-3-15(4-6-18)7-13(19)9-17(2)14(15)20/h10,13,19H,3-9H2,1-2H3. The van der Waals surface area contributed by atoms with E-state index in [1.165, 1.54) is 0 Å². The average Bonchev–Trinajstić information content (AvgIpc) is 2.84. The van der Waals surface area contributed by atoms with Crippen LogP contribution in [-0.4, -0.2) is 58.6 Å². The first kappa shape index (κ1) is 14.9. The highest BCUT2D eigenvalue weighted by Crippen LogP contribution is 2.40. The van der Waals surface area contributed by atoms with Crippen molar-refractivity contribution in [2.24, 2.45) is 5.41 Å². The van der Waals surface area contributed by atoms with Crippen molar-refractivity contribution in [2.75, 3.05) is 26.7 Å². The Morgan fingerprint density at radius 2 is 2.19 bits per heavy atom. The predicted octanol–water partition coefficient (Wildman–Crippen LogP) is 1.26. The number of likely N-dealkylation sites (N-methyl/N-ethyl adjacent to an activating group) is 1. The molecular weight excluding hydrogens is 286 g/mol. The second-order valence-corrected chi connectivity index (χ2v) is 7.52. The Balaban J connectivity index is 1.62. The number of hydrogen-bond acceptors (Lipinski definition) is 5. The molecular formula is C15H23N3O2S. The van der Waals surface area contributed by atoms with Crippen LogP contribution in [0.1, 0.15) is 30.0 Å². The summed E-state index contributed by atoms with van der Waals surface area (Å²) < 4.78 is 0. The summed E-state index contributed by atoms with van der Waals surface area (Å²) in [5.74, 6) is 0.219. The Bertz CT molecular complexity index is 523. The minimum Gasteiger partial charge on any atom is -0.391 e. The molecule has 2 aliphatic rings. The maximum atomic E-state index is 12.5. The second kappa shape index (κ2) is 5.66. The highest BCUT2D eigenvalue weighted by Gasteiger charge is 2.47. The molecule has 1 spiro atoms. The maximum absolute atomic E-state index is 12.5. The zero-order chi connectivity index (χ0) is 15.0. The van der Waals surface area contributed by atoms with Crippen molar-refractivity contribution in [3.05, 3.63) is 16.1 Å². The Hall–Kier alpha value is -0.980. The summed E-state index contributed by atoms with van der Waals surface area (Å²) >= 11 is 1.68. The molecule has 2 saturated heterocycles. The summed E-state index contributed by atoms with van der Waals surface area (Å²) in [6, 6.07) is 0. The molecule has 2 fully saturated rings.